The van der Waals surface area contributed by atoms with Crippen LogP contribution in [0.5, 0.6) is 0 Å². The van der Waals surface area contributed by atoms with Crippen LogP contribution in [0.15, 0.2) is 23.1 Å². The number of hydrogen-bond acceptors (Lipinski definition) is 10. The molecule has 3 heterocycles. The van der Waals surface area contributed by atoms with Crippen molar-refractivity contribution in [2.24, 2.45) is 0 Å². The Labute approximate surface area is 235 Å². The Morgan fingerprint density at radius 2 is 1.67 bits per heavy atom. The summed E-state index contributed by atoms with van der Waals surface area (Å²) in [5, 5.41) is 8.23. The molecule has 1 aromatic carbocycles. The number of benzene rings is 1. The van der Waals surface area contributed by atoms with Crippen molar-refractivity contribution in [2.45, 2.75) is 11.7 Å². The quantitative estimate of drug-likeness (QED) is 0.156. The molecule has 226 valence electrons. The number of rotatable bonds is 7. The molecule has 1 fully saturated rings. The summed E-state index contributed by atoms with van der Waals surface area (Å²) in [6.45, 7) is -0.775. The second kappa shape index (κ2) is 10.9. The molecule has 0 unspecified atom stereocenters. The molecule has 1 aliphatic heterocycles. The van der Waals surface area contributed by atoms with Gasteiger partial charge in [0.15, 0.2) is 23.3 Å². The third-order valence-corrected chi connectivity index (χ3v) is 9.28. The Kier molecular flexibility index (Phi) is 8.07. The van der Waals surface area contributed by atoms with E-state index in [0.29, 0.717) is 22.9 Å². The van der Waals surface area contributed by atoms with Crippen molar-refractivity contribution in [3.63, 3.8) is 0 Å². The van der Waals surface area contributed by atoms with Crippen LogP contribution in [-0.2, 0) is 18.6 Å². The highest BCUT2D eigenvalue weighted by Gasteiger charge is 2.48. The van der Waals surface area contributed by atoms with Crippen LogP contribution in [0.1, 0.15) is 10.4 Å². The minimum absolute atomic E-state index is 0.334. The first-order valence-corrected chi connectivity index (χ1v) is 14.7. The van der Waals surface area contributed by atoms with Crippen molar-refractivity contribution in [2.75, 3.05) is 23.7 Å². The fourth-order valence-electron chi connectivity index (χ4n) is 3.93. The van der Waals surface area contributed by atoms with Crippen LogP contribution in [0.4, 0.5) is 29.5 Å². The standard InChI is InChI=1S/C20H16ClF3N4O12P2/c21-12-13-7(15(29)8(18(30)31)5-28(13)17-11(24)2-10(23)16(25)26-17)1-9(22)14(12)27-3-6(4-27)39-19(32)40-20(41(33,34)35)42(36,37)38/h1-2,5-6,20H,3-4H2,(H2,25,26)(H,30,31)(H2,33,34,35)(H2,36,37,38). The summed E-state index contributed by atoms with van der Waals surface area (Å²) in [5.74, 6) is -7.17. The number of aromatic nitrogens is 2. The normalized spacial score (nSPS) is 14.3. The number of fused-ring (bicyclic) bond motifs is 1. The molecule has 0 amide bonds. The highest BCUT2D eigenvalue weighted by molar-refractivity contribution is 7.70. The van der Waals surface area contributed by atoms with Gasteiger partial charge in [0.05, 0.1) is 34.7 Å². The average molecular weight is 659 g/mol. The molecule has 22 heteroatoms. The van der Waals surface area contributed by atoms with E-state index < -0.39 is 101 Å². The molecule has 0 radical (unpaired) electrons. The first kappa shape index (κ1) is 31.2. The molecule has 3 aromatic rings. The van der Waals surface area contributed by atoms with E-state index in [-0.39, 0.29) is 13.1 Å². The molecule has 0 aliphatic carbocycles. The van der Waals surface area contributed by atoms with Crippen molar-refractivity contribution >= 4 is 61.3 Å². The molecule has 7 N–H and O–H groups in total. The zero-order valence-corrected chi connectivity index (χ0v) is 22.8. The van der Waals surface area contributed by atoms with Crippen molar-refractivity contribution in [1.29, 1.82) is 0 Å². The third kappa shape index (κ3) is 5.80. The summed E-state index contributed by atoms with van der Waals surface area (Å²) >= 11 is 6.41. The van der Waals surface area contributed by atoms with Gasteiger partial charge < -0.3 is 44.8 Å². The summed E-state index contributed by atoms with van der Waals surface area (Å²) in [4.78, 5) is 77.2. The SMILES string of the molecule is Nc1nc(-n2cc(C(=O)O)c(=O)c3cc(F)c(N4CC(OC(=O)OC(P(=O)(O)O)P(=O)(O)O)C4)c(Cl)c32)c(F)cc1F. The molecule has 16 nitrogen and oxygen atoms in total. The summed E-state index contributed by atoms with van der Waals surface area (Å²) in [7, 11) is -11.2. The van der Waals surface area contributed by atoms with Crippen LogP contribution >= 0.6 is 26.8 Å². The largest absolute Gasteiger partial charge is 0.510 e. The van der Waals surface area contributed by atoms with Crippen LogP contribution in [0, 0.1) is 17.5 Å². The van der Waals surface area contributed by atoms with Crippen molar-refractivity contribution in [1.82, 2.24) is 9.55 Å². The minimum atomic E-state index is -5.62. The van der Waals surface area contributed by atoms with E-state index in [2.05, 4.69) is 9.72 Å². The molecular formula is C20H16ClF3N4O12P2. The Bertz CT molecular complexity index is 1790. The number of nitrogens with two attached hydrogens (primary N) is 1. The van der Waals surface area contributed by atoms with Crippen molar-refractivity contribution < 1.29 is 66.0 Å². The lowest BCUT2D eigenvalue weighted by atomic mass is 10.1. The van der Waals surface area contributed by atoms with Gasteiger partial charge in [0, 0.05) is 12.3 Å². The zero-order chi connectivity index (χ0) is 31.5. The predicted molar refractivity (Wildman–Crippen MR) is 135 cm³/mol. The predicted octanol–water partition coefficient (Wildman–Crippen LogP) is 1.72. The first-order valence-electron chi connectivity index (χ1n) is 11.0. The Morgan fingerprint density at radius 1 is 1.07 bits per heavy atom. The van der Waals surface area contributed by atoms with Gasteiger partial charge >= 0.3 is 32.9 Å². The summed E-state index contributed by atoms with van der Waals surface area (Å²) in [6.07, 6.45) is -2.43. The molecule has 2 aromatic heterocycles. The number of carboxylic acid groups (broad SMARTS) is 1. The number of carbonyl (C=O) groups is 2. The summed E-state index contributed by atoms with van der Waals surface area (Å²) in [6, 6.07) is 0.931. The second-order valence-electron chi connectivity index (χ2n) is 8.64. The first-order chi connectivity index (χ1) is 19.3. The van der Waals surface area contributed by atoms with Gasteiger partial charge in [-0.2, -0.15) is 0 Å². The van der Waals surface area contributed by atoms with Crippen molar-refractivity contribution in [3.05, 3.63) is 56.6 Å². The van der Waals surface area contributed by atoms with Gasteiger partial charge in [-0.15, -0.1) is 0 Å². The maximum absolute atomic E-state index is 15.2. The number of nitrogen functional groups attached to an aromatic ring is 1. The number of halogens is 4. The highest BCUT2D eigenvalue weighted by Crippen LogP contribution is 2.60. The number of pyridine rings is 2. The highest BCUT2D eigenvalue weighted by atomic mass is 35.5. The Hall–Kier alpha value is -3.70. The van der Waals surface area contributed by atoms with E-state index in [1.165, 1.54) is 0 Å². The van der Waals surface area contributed by atoms with E-state index in [9.17, 15) is 37.4 Å². The minimum Gasteiger partial charge on any atom is -0.477 e. The van der Waals surface area contributed by atoms with Gasteiger partial charge in [-0.3, -0.25) is 18.5 Å². The molecular weight excluding hydrogens is 643 g/mol. The number of nitrogens with zero attached hydrogens (tertiary/aromatic N) is 3. The number of carbonyl (C=O) groups excluding carboxylic acids is 1. The lowest BCUT2D eigenvalue weighted by Crippen LogP contribution is -2.53. The molecule has 0 atom stereocenters. The zero-order valence-electron chi connectivity index (χ0n) is 20.2. The molecule has 4 rings (SSSR count). The molecule has 0 spiro atoms. The second-order valence-corrected chi connectivity index (χ2v) is 12.7. The summed E-state index contributed by atoms with van der Waals surface area (Å²) < 4.78 is 75.7. The van der Waals surface area contributed by atoms with Crippen molar-refractivity contribution in [3.8, 4) is 5.82 Å². The fourth-order valence-corrected chi connectivity index (χ4v) is 6.35. The average Bonchev–Trinajstić information content (AvgIpc) is 2.82. The van der Waals surface area contributed by atoms with Crippen LogP contribution in [-0.4, -0.2) is 71.1 Å². The van der Waals surface area contributed by atoms with Crippen LogP contribution in [0.3, 0.4) is 0 Å². The Balaban J connectivity index is 1.71. The molecule has 1 saturated heterocycles. The van der Waals surface area contributed by atoms with E-state index in [0.717, 1.165) is 4.90 Å². The van der Waals surface area contributed by atoms with Gasteiger partial charge in [0.2, 0.25) is 5.43 Å². The monoisotopic (exact) mass is 658 g/mol. The van der Waals surface area contributed by atoms with Gasteiger partial charge in [-0.05, 0) is 6.07 Å². The van der Waals surface area contributed by atoms with E-state index in [1.807, 2.05) is 0 Å². The van der Waals surface area contributed by atoms with Crippen LogP contribution < -0.4 is 16.1 Å². The Morgan fingerprint density at radius 3 is 2.21 bits per heavy atom. The summed E-state index contributed by atoms with van der Waals surface area (Å²) in [5.41, 5.74) is -0.809. The lowest BCUT2D eigenvalue weighted by Gasteiger charge is -2.40. The van der Waals surface area contributed by atoms with Gasteiger partial charge in [0.25, 0.3) is 0 Å². The maximum atomic E-state index is 15.2. The topological polar surface area (TPSA) is 252 Å². The van der Waals surface area contributed by atoms with Gasteiger partial charge in [0.1, 0.15) is 17.5 Å². The van der Waals surface area contributed by atoms with Crippen LogP contribution in [0.2, 0.25) is 5.02 Å². The van der Waals surface area contributed by atoms with E-state index >= 15 is 4.39 Å². The number of anilines is 2. The number of aromatic carboxylic acids is 1. The molecule has 1 aliphatic rings. The lowest BCUT2D eigenvalue weighted by molar-refractivity contribution is 0.0108. The number of carboxylic acids is 1. The maximum Gasteiger partial charge on any atom is 0.510 e. The van der Waals surface area contributed by atoms with E-state index in [1.54, 1.807) is 0 Å². The van der Waals surface area contributed by atoms with Crippen LogP contribution in [0.25, 0.3) is 16.7 Å². The molecule has 42 heavy (non-hydrogen) atoms. The van der Waals surface area contributed by atoms with E-state index in [4.69, 9.17) is 41.6 Å². The number of ether oxygens (including phenoxy) is 2. The number of hydrogen-bond donors (Lipinski definition) is 6. The molecule has 0 saturated carbocycles. The van der Waals surface area contributed by atoms with Gasteiger partial charge in [-0.1, -0.05) is 11.6 Å². The molecule has 0 bridgehead atoms. The third-order valence-electron chi connectivity index (χ3n) is 5.76. The smallest absolute Gasteiger partial charge is 0.477 e. The fraction of sp³-hybridized carbons (Fsp3) is 0.200. The van der Waals surface area contributed by atoms with Gasteiger partial charge in [-0.25, -0.2) is 27.7 Å².